The van der Waals surface area contributed by atoms with Gasteiger partial charge in [-0.1, -0.05) is 18.2 Å². The Morgan fingerprint density at radius 1 is 1.38 bits per heavy atom. The van der Waals surface area contributed by atoms with E-state index in [0.717, 1.165) is 5.56 Å². The zero-order valence-electron chi connectivity index (χ0n) is 9.86. The van der Waals surface area contributed by atoms with E-state index in [0.29, 0.717) is 5.75 Å². The lowest BCUT2D eigenvalue weighted by Crippen LogP contribution is -2.37. The Hall–Kier alpha value is -1.55. The molecule has 16 heavy (non-hydrogen) atoms. The first kappa shape index (κ1) is 12.5. The predicted molar refractivity (Wildman–Crippen MR) is 63.2 cm³/mol. The van der Waals surface area contributed by atoms with Crippen LogP contribution in [-0.4, -0.2) is 19.1 Å². The van der Waals surface area contributed by atoms with Gasteiger partial charge in [0.2, 0.25) is 5.91 Å². The van der Waals surface area contributed by atoms with Crippen molar-refractivity contribution in [3.63, 3.8) is 0 Å². The number of nitrogens with two attached hydrogens (primary N) is 1. The molecule has 0 aliphatic carbocycles. The number of benzene rings is 1. The lowest BCUT2D eigenvalue weighted by Gasteiger charge is -2.20. The van der Waals surface area contributed by atoms with Crippen LogP contribution in [0.4, 0.5) is 0 Å². The number of nitrogens with one attached hydrogen (secondary N) is 1. The summed E-state index contributed by atoms with van der Waals surface area (Å²) in [5.74, 6) is 0.262. The number of hydrogen-bond donors (Lipinski definition) is 2. The first-order valence-corrected chi connectivity index (χ1v) is 5.24. The highest BCUT2D eigenvalue weighted by atomic mass is 16.5. The van der Waals surface area contributed by atoms with Crippen molar-refractivity contribution >= 4 is 5.91 Å². The summed E-state index contributed by atoms with van der Waals surface area (Å²) in [7, 11) is 1.58. The molecule has 1 atom stereocenters. The quantitative estimate of drug-likeness (QED) is 0.787. The minimum Gasteiger partial charge on any atom is -0.496 e. The van der Waals surface area contributed by atoms with E-state index in [4.69, 9.17) is 10.5 Å². The highest BCUT2D eigenvalue weighted by Crippen LogP contribution is 2.24. The largest absolute Gasteiger partial charge is 0.496 e. The number of rotatable bonds is 5. The van der Waals surface area contributed by atoms with Crippen LogP contribution >= 0.6 is 0 Å². The first-order chi connectivity index (χ1) is 7.56. The average Bonchev–Trinajstić information content (AvgIpc) is 2.25. The van der Waals surface area contributed by atoms with E-state index in [-0.39, 0.29) is 6.04 Å². The van der Waals surface area contributed by atoms with E-state index in [1.165, 1.54) is 0 Å². The molecular weight excluding hydrogens is 204 g/mol. The second-order valence-corrected chi connectivity index (χ2v) is 3.90. The fourth-order valence-corrected chi connectivity index (χ4v) is 1.56. The Balaban J connectivity index is 3.05. The molecular formula is C12H18N2O2. The monoisotopic (exact) mass is 222 g/mol. The van der Waals surface area contributed by atoms with Crippen LogP contribution in [0.1, 0.15) is 25.5 Å². The first-order valence-electron chi connectivity index (χ1n) is 5.24. The van der Waals surface area contributed by atoms with Gasteiger partial charge in [-0.25, -0.2) is 0 Å². The summed E-state index contributed by atoms with van der Waals surface area (Å²) in [6, 6.07) is 7.02. The molecule has 1 rings (SSSR count). The molecule has 0 fully saturated rings. The zero-order chi connectivity index (χ0) is 12.1. The van der Waals surface area contributed by atoms with E-state index >= 15 is 0 Å². The van der Waals surface area contributed by atoms with Crippen LogP contribution in [-0.2, 0) is 4.79 Å². The van der Waals surface area contributed by atoms with Crippen LogP contribution < -0.4 is 15.8 Å². The minimum absolute atomic E-state index is 0.169. The summed E-state index contributed by atoms with van der Waals surface area (Å²) in [6.45, 7) is 3.93. The van der Waals surface area contributed by atoms with Crippen molar-refractivity contribution in [2.75, 3.05) is 7.11 Å². The molecule has 4 nitrogen and oxygen atoms in total. The van der Waals surface area contributed by atoms with Crippen molar-refractivity contribution in [3.05, 3.63) is 29.8 Å². The molecule has 0 saturated heterocycles. The molecule has 0 heterocycles. The normalized spacial score (nSPS) is 12.5. The maximum Gasteiger partial charge on any atom is 0.239 e. The summed E-state index contributed by atoms with van der Waals surface area (Å²) in [6.07, 6.45) is 0. The molecule has 1 unspecified atom stereocenters. The molecule has 0 radical (unpaired) electrons. The van der Waals surface area contributed by atoms with Crippen LogP contribution in [0.2, 0.25) is 0 Å². The molecule has 0 aliphatic rings. The van der Waals surface area contributed by atoms with Gasteiger partial charge in [-0.15, -0.1) is 0 Å². The summed E-state index contributed by atoms with van der Waals surface area (Å²) >= 11 is 0. The third kappa shape index (κ3) is 2.97. The molecule has 0 bridgehead atoms. The Bertz CT molecular complexity index is 364. The van der Waals surface area contributed by atoms with Gasteiger partial charge in [-0.05, 0) is 19.9 Å². The molecule has 88 valence electrons. The number of amides is 1. The lowest BCUT2D eigenvalue weighted by atomic mass is 10.0. The standard InChI is InChI=1S/C12H18N2O2/c1-8(2)14-11(12(13)15)9-6-4-5-7-10(9)16-3/h4-8,11,14H,1-3H3,(H2,13,15). The van der Waals surface area contributed by atoms with Gasteiger partial charge in [0, 0.05) is 11.6 Å². The predicted octanol–water partition coefficient (Wildman–Crippen LogP) is 1.22. The Morgan fingerprint density at radius 2 is 2.00 bits per heavy atom. The number of carbonyl (C=O) groups is 1. The van der Waals surface area contributed by atoms with Gasteiger partial charge in [0.1, 0.15) is 11.8 Å². The highest BCUT2D eigenvalue weighted by molar-refractivity contribution is 5.82. The fourth-order valence-electron chi connectivity index (χ4n) is 1.56. The van der Waals surface area contributed by atoms with Crippen molar-refractivity contribution in [2.24, 2.45) is 5.73 Å². The maximum absolute atomic E-state index is 11.4. The average molecular weight is 222 g/mol. The zero-order valence-corrected chi connectivity index (χ0v) is 9.86. The van der Waals surface area contributed by atoms with E-state index < -0.39 is 11.9 Å². The smallest absolute Gasteiger partial charge is 0.239 e. The summed E-state index contributed by atoms with van der Waals surface area (Å²) in [5, 5.41) is 3.12. The van der Waals surface area contributed by atoms with E-state index in [9.17, 15) is 4.79 Å². The summed E-state index contributed by atoms with van der Waals surface area (Å²) < 4.78 is 5.21. The van der Waals surface area contributed by atoms with Crippen LogP contribution in [0, 0.1) is 0 Å². The third-order valence-corrected chi connectivity index (χ3v) is 2.23. The van der Waals surface area contributed by atoms with Crippen molar-refractivity contribution in [2.45, 2.75) is 25.9 Å². The van der Waals surface area contributed by atoms with E-state index in [2.05, 4.69) is 5.32 Å². The number of primary amides is 1. The molecule has 4 heteroatoms. The van der Waals surface area contributed by atoms with E-state index in [1.807, 2.05) is 38.1 Å². The second kappa shape index (κ2) is 5.51. The Morgan fingerprint density at radius 3 is 2.50 bits per heavy atom. The molecule has 1 amide bonds. The Labute approximate surface area is 95.8 Å². The summed E-state index contributed by atoms with van der Waals surface area (Å²) in [4.78, 5) is 11.4. The molecule has 0 saturated carbocycles. The van der Waals surface area contributed by atoms with Crippen LogP contribution in [0.25, 0.3) is 0 Å². The molecule has 1 aromatic carbocycles. The molecule has 0 aromatic heterocycles. The number of para-hydroxylation sites is 1. The maximum atomic E-state index is 11.4. The van der Waals surface area contributed by atoms with Gasteiger partial charge < -0.3 is 10.5 Å². The lowest BCUT2D eigenvalue weighted by molar-refractivity contribution is -0.120. The van der Waals surface area contributed by atoms with E-state index in [1.54, 1.807) is 7.11 Å². The van der Waals surface area contributed by atoms with Crippen molar-refractivity contribution in [1.82, 2.24) is 5.32 Å². The molecule has 1 aromatic rings. The number of methoxy groups -OCH3 is 1. The van der Waals surface area contributed by atoms with Crippen LogP contribution in [0.3, 0.4) is 0 Å². The minimum atomic E-state index is -0.517. The van der Waals surface area contributed by atoms with Crippen molar-refractivity contribution in [3.8, 4) is 5.75 Å². The van der Waals surface area contributed by atoms with Gasteiger partial charge in [0.05, 0.1) is 7.11 Å². The highest BCUT2D eigenvalue weighted by Gasteiger charge is 2.21. The topological polar surface area (TPSA) is 64.3 Å². The fraction of sp³-hybridized carbons (Fsp3) is 0.417. The van der Waals surface area contributed by atoms with Gasteiger partial charge in [0.15, 0.2) is 0 Å². The van der Waals surface area contributed by atoms with Crippen molar-refractivity contribution in [1.29, 1.82) is 0 Å². The van der Waals surface area contributed by atoms with Gasteiger partial charge >= 0.3 is 0 Å². The SMILES string of the molecule is COc1ccccc1C(NC(C)C)C(N)=O. The molecule has 3 N–H and O–H groups in total. The van der Waals surface area contributed by atoms with Crippen LogP contribution in [0.5, 0.6) is 5.75 Å². The number of hydrogen-bond acceptors (Lipinski definition) is 3. The summed E-state index contributed by atoms with van der Waals surface area (Å²) in [5.41, 5.74) is 6.15. The Kier molecular flexibility index (Phi) is 4.31. The van der Waals surface area contributed by atoms with Crippen LogP contribution in [0.15, 0.2) is 24.3 Å². The van der Waals surface area contributed by atoms with Crippen molar-refractivity contribution < 1.29 is 9.53 Å². The number of carbonyl (C=O) groups excluding carboxylic acids is 1. The van der Waals surface area contributed by atoms with Gasteiger partial charge in [0.25, 0.3) is 0 Å². The van der Waals surface area contributed by atoms with Gasteiger partial charge in [-0.3, -0.25) is 10.1 Å². The molecule has 0 spiro atoms. The molecule has 0 aliphatic heterocycles. The third-order valence-electron chi connectivity index (χ3n) is 2.23. The van der Waals surface area contributed by atoms with Gasteiger partial charge in [-0.2, -0.15) is 0 Å². The second-order valence-electron chi connectivity index (χ2n) is 3.90. The number of ether oxygens (including phenoxy) is 1.